The molecule has 0 atom stereocenters. The predicted octanol–water partition coefficient (Wildman–Crippen LogP) is 5.84. The Hall–Kier alpha value is -0.0900. The molecule has 2 rings (SSSR count). The fourth-order valence-electron chi connectivity index (χ4n) is 3.05. The van der Waals surface area contributed by atoms with Gasteiger partial charge in [-0.05, 0) is 36.7 Å². The Labute approximate surface area is 145 Å². The summed E-state index contributed by atoms with van der Waals surface area (Å²) in [5, 5.41) is 0. The summed E-state index contributed by atoms with van der Waals surface area (Å²) in [6, 6.07) is 0. The summed E-state index contributed by atoms with van der Waals surface area (Å²) in [4.78, 5) is 4.15. The van der Waals surface area contributed by atoms with Crippen LogP contribution in [-0.4, -0.2) is 25.1 Å². The number of unbranched alkanes of at least 4 members (excludes halogenated alkanes) is 3. The Morgan fingerprint density at radius 2 is 1.86 bits per heavy atom. The van der Waals surface area contributed by atoms with Gasteiger partial charge in [-0.25, -0.2) is 4.98 Å². The third-order valence-corrected chi connectivity index (χ3v) is 8.54. The molecule has 1 aliphatic rings. The number of hydrogen-bond donors (Lipinski definition) is 0. The molecule has 1 aromatic rings. The van der Waals surface area contributed by atoms with Gasteiger partial charge in [0.15, 0.2) is 0 Å². The average molecular weight is 341 g/mol. The van der Waals surface area contributed by atoms with E-state index in [4.69, 9.17) is 0 Å². The summed E-state index contributed by atoms with van der Waals surface area (Å²) in [6.45, 7) is 5.77. The number of aromatic nitrogens is 2. The molecule has 1 saturated heterocycles. The lowest BCUT2D eigenvalue weighted by Crippen LogP contribution is -2.29. The molecule has 0 aromatic carbocycles. The highest BCUT2D eigenvalue weighted by atomic mass is 32.2. The molecule has 0 unspecified atom stereocenters. The summed E-state index contributed by atoms with van der Waals surface area (Å²) in [7, 11) is 0. The van der Waals surface area contributed by atoms with Crippen molar-refractivity contribution in [1.29, 1.82) is 0 Å². The minimum Gasteiger partial charge on any atom is -0.337 e. The van der Waals surface area contributed by atoms with Gasteiger partial charge in [0.1, 0.15) is 0 Å². The second-order valence-electron chi connectivity index (χ2n) is 6.52. The van der Waals surface area contributed by atoms with Crippen molar-refractivity contribution in [2.45, 2.75) is 75.8 Å². The Morgan fingerprint density at radius 3 is 2.50 bits per heavy atom. The zero-order valence-corrected chi connectivity index (χ0v) is 15.9. The fraction of sp³-hybridized carbons (Fsp3) is 0.833. The van der Waals surface area contributed by atoms with Crippen LogP contribution in [0.25, 0.3) is 0 Å². The Morgan fingerprint density at radius 1 is 1.09 bits per heavy atom. The molecule has 1 aromatic heterocycles. The lowest BCUT2D eigenvalue weighted by Gasteiger charge is -2.39. The number of hydrogen-bond acceptors (Lipinski definition) is 3. The van der Waals surface area contributed by atoms with Gasteiger partial charge in [-0.3, -0.25) is 0 Å². The van der Waals surface area contributed by atoms with Crippen LogP contribution in [0.5, 0.6) is 0 Å². The number of nitrogens with zero attached hydrogens (tertiary/aromatic N) is 2. The number of imidazole rings is 1. The second kappa shape index (κ2) is 9.92. The van der Waals surface area contributed by atoms with Crippen LogP contribution in [0.1, 0.15) is 65.2 Å². The van der Waals surface area contributed by atoms with Crippen LogP contribution in [0, 0.1) is 5.92 Å². The van der Waals surface area contributed by atoms with Crippen molar-refractivity contribution in [3.8, 4) is 0 Å². The van der Waals surface area contributed by atoms with Crippen molar-refractivity contribution in [2.75, 3.05) is 11.5 Å². The first kappa shape index (κ1) is 18.3. The van der Waals surface area contributed by atoms with E-state index in [9.17, 15) is 0 Å². The number of thioether (sulfide) groups is 2. The van der Waals surface area contributed by atoms with E-state index < -0.39 is 0 Å². The van der Waals surface area contributed by atoms with Gasteiger partial charge >= 0.3 is 0 Å². The molecule has 0 spiro atoms. The molecule has 1 fully saturated rings. The lowest BCUT2D eigenvalue weighted by molar-refractivity contribution is 0.522. The molecule has 0 saturated carbocycles. The summed E-state index contributed by atoms with van der Waals surface area (Å²) in [5.74, 6) is 3.69. The minimum atomic E-state index is 0.500. The molecule has 0 N–H and O–H groups in total. The SMILES string of the molecule is CCCCCCC1(CCCn2ccnc2)SCC(CC)CS1. The molecule has 0 aliphatic carbocycles. The minimum absolute atomic E-state index is 0.500. The van der Waals surface area contributed by atoms with Crippen LogP contribution in [0.3, 0.4) is 0 Å². The maximum atomic E-state index is 4.15. The Balaban J connectivity index is 1.81. The average Bonchev–Trinajstić information content (AvgIpc) is 3.06. The van der Waals surface area contributed by atoms with Crippen molar-refractivity contribution in [2.24, 2.45) is 5.92 Å². The van der Waals surface area contributed by atoms with E-state index in [2.05, 4.69) is 53.1 Å². The predicted molar refractivity (Wildman–Crippen MR) is 102 cm³/mol. The van der Waals surface area contributed by atoms with Crippen molar-refractivity contribution < 1.29 is 0 Å². The van der Waals surface area contributed by atoms with Gasteiger partial charge < -0.3 is 4.57 Å². The standard InChI is InChI=1S/C18H32N2S2/c1-3-5-6-7-9-18(21-14-17(4-2)15-22-18)10-8-12-20-13-11-19-16-20/h11,13,16-17H,3-10,12,14-15H2,1-2H3. The smallest absolute Gasteiger partial charge is 0.0945 e. The molecular formula is C18H32N2S2. The molecule has 0 bridgehead atoms. The summed E-state index contributed by atoms with van der Waals surface area (Å²) < 4.78 is 2.72. The monoisotopic (exact) mass is 340 g/mol. The van der Waals surface area contributed by atoms with Crippen LogP contribution >= 0.6 is 23.5 Å². The van der Waals surface area contributed by atoms with E-state index in [0.717, 1.165) is 12.5 Å². The molecule has 0 radical (unpaired) electrons. The van der Waals surface area contributed by atoms with Crippen molar-refractivity contribution in [3.63, 3.8) is 0 Å². The molecule has 4 heteroatoms. The van der Waals surface area contributed by atoms with Gasteiger partial charge in [-0.15, -0.1) is 23.5 Å². The van der Waals surface area contributed by atoms with Crippen LogP contribution in [0.4, 0.5) is 0 Å². The van der Waals surface area contributed by atoms with Gasteiger partial charge in [-0.1, -0.05) is 46.0 Å². The third kappa shape index (κ3) is 5.84. The summed E-state index contributed by atoms with van der Waals surface area (Å²) >= 11 is 4.55. The zero-order chi connectivity index (χ0) is 15.7. The Kier molecular flexibility index (Phi) is 8.23. The largest absolute Gasteiger partial charge is 0.337 e. The zero-order valence-electron chi connectivity index (χ0n) is 14.3. The third-order valence-electron chi connectivity index (χ3n) is 4.69. The molecule has 22 heavy (non-hydrogen) atoms. The summed E-state index contributed by atoms with van der Waals surface area (Å²) in [5.41, 5.74) is 0. The highest BCUT2D eigenvalue weighted by Gasteiger charge is 2.35. The molecule has 1 aliphatic heterocycles. The molecule has 126 valence electrons. The first-order valence-electron chi connectivity index (χ1n) is 9.01. The van der Waals surface area contributed by atoms with Crippen molar-refractivity contribution in [3.05, 3.63) is 18.7 Å². The van der Waals surface area contributed by atoms with E-state index in [0.29, 0.717) is 4.08 Å². The highest BCUT2D eigenvalue weighted by Crippen LogP contribution is 2.50. The van der Waals surface area contributed by atoms with E-state index in [-0.39, 0.29) is 0 Å². The van der Waals surface area contributed by atoms with E-state index in [1.54, 1.807) is 0 Å². The van der Waals surface area contributed by atoms with Crippen LogP contribution in [0.15, 0.2) is 18.7 Å². The van der Waals surface area contributed by atoms with Crippen molar-refractivity contribution in [1.82, 2.24) is 9.55 Å². The molecule has 0 amide bonds. The van der Waals surface area contributed by atoms with Gasteiger partial charge in [-0.2, -0.15) is 0 Å². The van der Waals surface area contributed by atoms with E-state index in [1.165, 1.54) is 62.9 Å². The fourth-order valence-corrected chi connectivity index (χ4v) is 6.88. The highest BCUT2D eigenvalue weighted by molar-refractivity contribution is 8.18. The van der Waals surface area contributed by atoms with Gasteiger partial charge in [0.25, 0.3) is 0 Å². The normalized spacial score (nSPS) is 25.5. The second-order valence-corrected chi connectivity index (χ2v) is 9.59. The number of rotatable bonds is 10. The molecular weight excluding hydrogens is 308 g/mol. The first-order valence-corrected chi connectivity index (χ1v) is 11.0. The maximum Gasteiger partial charge on any atom is 0.0945 e. The van der Waals surface area contributed by atoms with Crippen LogP contribution < -0.4 is 0 Å². The van der Waals surface area contributed by atoms with Gasteiger partial charge in [0.2, 0.25) is 0 Å². The van der Waals surface area contributed by atoms with Crippen LogP contribution in [-0.2, 0) is 6.54 Å². The summed E-state index contributed by atoms with van der Waals surface area (Å²) in [6.07, 6.45) is 16.9. The van der Waals surface area contributed by atoms with E-state index >= 15 is 0 Å². The molecule has 2 nitrogen and oxygen atoms in total. The quantitative estimate of drug-likeness (QED) is 0.499. The van der Waals surface area contributed by atoms with E-state index in [1.807, 2.05) is 12.5 Å². The van der Waals surface area contributed by atoms with Gasteiger partial charge in [0.05, 0.1) is 10.4 Å². The van der Waals surface area contributed by atoms with Gasteiger partial charge in [0, 0.05) is 18.9 Å². The molecule has 2 heterocycles. The van der Waals surface area contributed by atoms with Crippen molar-refractivity contribution >= 4 is 23.5 Å². The Bertz CT molecular complexity index is 384. The first-order chi connectivity index (χ1) is 10.8. The van der Waals surface area contributed by atoms with Crippen LogP contribution in [0.2, 0.25) is 0 Å². The topological polar surface area (TPSA) is 17.8 Å². The number of aryl methyl sites for hydroxylation is 1. The maximum absolute atomic E-state index is 4.15. The lowest BCUT2D eigenvalue weighted by atomic mass is 10.1.